The van der Waals surface area contributed by atoms with Crippen molar-refractivity contribution in [2.75, 3.05) is 13.1 Å². The monoisotopic (exact) mass is 167 g/mol. The minimum absolute atomic E-state index is 0.415. The summed E-state index contributed by atoms with van der Waals surface area (Å²) in [5.41, 5.74) is 0. The van der Waals surface area contributed by atoms with E-state index in [4.69, 9.17) is 0 Å². The van der Waals surface area contributed by atoms with Crippen molar-refractivity contribution in [3.8, 4) is 0 Å². The van der Waals surface area contributed by atoms with Crippen LogP contribution in [-0.2, 0) is 4.79 Å². The van der Waals surface area contributed by atoms with Crippen LogP contribution in [0.2, 0.25) is 0 Å². The van der Waals surface area contributed by atoms with E-state index in [1.54, 1.807) is 0 Å². The van der Waals surface area contributed by atoms with Gasteiger partial charge in [0.25, 0.3) is 0 Å². The third-order valence-electron chi connectivity index (χ3n) is 2.67. The van der Waals surface area contributed by atoms with Crippen molar-refractivity contribution in [1.29, 1.82) is 0 Å². The zero-order valence-electron chi connectivity index (χ0n) is 7.51. The summed E-state index contributed by atoms with van der Waals surface area (Å²) in [6.45, 7) is 1.68. The molecule has 0 aliphatic heterocycles. The number of nitrogens with one attached hydrogen (secondary N) is 1. The van der Waals surface area contributed by atoms with Gasteiger partial charge in [-0.1, -0.05) is 0 Å². The first-order valence-electron chi connectivity index (χ1n) is 5.07. The molecular formula is C10H17NO. The Morgan fingerprint density at radius 3 is 2.42 bits per heavy atom. The average molecular weight is 167 g/mol. The smallest absolute Gasteiger partial charge is 0.146 e. The molecular weight excluding hydrogens is 150 g/mol. The molecule has 2 nitrogen and oxygen atoms in total. The van der Waals surface area contributed by atoms with Crippen LogP contribution in [0, 0.1) is 11.8 Å². The Kier molecular flexibility index (Phi) is 2.45. The van der Waals surface area contributed by atoms with Gasteiger partial charge in [0.2, 0.25) is 0 Å². The second-order valence-corrected chi connectivity index (χ2v) is 4.26. The summed E-state index contributed by atoms with van der Waals surface area (Å²) in [4.78, 5) is 11.2. The van der Waals surface area contributed by atoms with Gasteiger partial charge in [-0.25, -0.2) is 0 Å². The van der Waals surface area contributed by atoms with Crippen LogP contribution in [0.3, 0.4) is 0 Å². The summed E-state index contributed by atoms with van der Waals surface area (Å²) in [5, 5.41) is 3.23. The number of carbonyl (C=O) groups excluding carboxylic acids is 1. The molecule has 2 aliphatic carbocycles. The Labute approximate surface area is 73.7 Å². The van der Waals surface area contributed by atoms with Crippen LogP contribution in [0.1, 0.15) is 32.1 Å². The lowest BCUT2D eigenvalue weighted by Gasteiger charge is -2.01. The molecule has 1 N–H and O–H groups in total. The van der Waals surface area contributed by atoms with E-state index < -0.39 is 0 Å². The van der Waals surface area contributed by atoms with E-state index in [0.29, 0.717) is 12.3 Å². The molecule has 2 aliphatic rings. The molecule has 0 amide bonds. The fraction of sp³-hybridized carbons (Fsp3) is 0.900. The quantitative estimate of drug-likeness (QED) is 0.647. The molecule has 0 aromatic carbocycles. The minimum Gasteiger partial charge on any atom is -0.310 e. The highest BCUT2D eigenvalue weighted by molar-refractivity contribution is 5.80. The molecule has 0 spiro atoms. The van der Waals surface area contributed by atoms with Crippen LogP contribution in [0.4, 0.5) is 0 Å². The third kappa shape index (κ3) is 2.94. The van der Waals surface area contributed by atoms with Gasteiger partial charge in [0, 0.05) is 6.42 Å². The van der Waals surface area contributed by atoms with Gasteiger partial charge in [0.05, 0.1) is 6.54 Å². The number of hydrogen-bond donors (Lipinski definition) is 1. The Balaban J connectivity index is 1.49. The fourth-order valence-electron chi connectivity index (χ4n) is 1.45. The maximum Gasteiger partial charge on any atom is 0.146 e. The van der Waals surface area contributed by atoms with Crippen molar-refractivity contribution in [2.45, 2.75) is 32.1 Å². The molecule has 2 rings (SSSR count). The van der Waals surface area contributed by atoms with Gasteiger partial charge in [-0.3, -0.25) is 4.79 Å². The van der Waals surface area contributed by atoms with Crippen LogP contribution in [0.5, 0.6) is 0 Å². The van der Waals surface area contributed by atoms with Gasteiger partial charge in [0.1, 0.15) is 5.78 Å². The topological polar surface area (TPSA) is 29.1 Å². The SMILES string of the molecule is O=C(CNCC1CC1)CC1CC1. The van der Waals surface area contributed by atoms with Crippen LogP contribution in [0.15, 0.2) is 0 Å². The predicted molar refractivity (Wildman–Crippen MR) is 47.9 cm³/mol. The molecule has 0 atom stereocenters. The maximum atomic E-state index is 11.2. The lowest BCUT2D eigenvalue weighted by atomic mass is 10.2. The fourth-order valence-corrected chi connectivity index (χ4v) is 1.45. The zero-order chi connectivity index (χ0) is 8.39. The Hall–Kier alpha value is -0.370. The van der Waals surface area contributed by atoms with Crippen molar-refractivity contribution >= 4 is 5.78 Å². The second kappa shape index (κ2) is 3.56. The zero-order valence-corrected chi connectivity index (χ0v) is 7.51. The number of hydrogen-bond acceptors (Lipinski definition) is 2. The van der Waals surface area contributed by atoms with E-state index in [-0.39, 0.29) is 0 Å². The number of carbonyl (C=O) groups is 1. The second-order valence-electron chi connectivity index (χ2n) is 4.26. The Morgan fingerprint density at radius 2 is 1.83 bits per heavy atom. The Bertz CT molecular complexity index is 171. The molecule has 68 valence electrons. The lowest BCUT2D eigenvalue weighted by Crippen LogP contribution is -2.25. The molecule has 12 heavy (non-hydrogen) atoms. The number of ketones is 1. The molecule has 0 heterocycles. The summed E-state index contributed by atoms with van der Waals surface area (Å²) >= 11 is 0. The van der Waals surface area contributed by atoms with Gasteiger partial charge < -0.3 is 5.32 Å². The molecule has 0 aromatic rings. The molecule has 0 aromatic heterocycles. The summed E-state index contributed by atoms with van der Waals surface area (Å²) in [6.07, 6.45) is 6.13. The van der Waals surface area contributed by atoms with Crippen LogP contribution >= 0.6 is 0 Å². The predicted octanol–water partition coefficient (Wildman–Crippen LogP) is 1.36. The van der Waals surface area contributed by atoms with E-state index in [1.807, 2.05) is 0 Å². The van der Waals surface area contributed by atoms with Gasteiger partial charge in [-0.2, -0.15) is 0 Å². The van der Waals surface area contributed by atoms with Crippen LogP contribution in [0.25, 0.3) is 0 Å². The third-order valence-corrected chi connectivity index (χ3v) is 2.67. The summed E-state index contributed by atoms with van der Waals surface area (Å²) in [5.74, 6) is 2.05. The van der Waals surface area contributed by atoms with E-state index in [1.165, 1.54) is 25.7 Å². The average Bonchev–Trinajstić information content (AvgIpc) is 2.77. The molecule has 2 fully saturated rings. The van der Waals surface area contributed by atoms with Gasteiger partial charge in [-0.15, -0.1) is 0 Å². The largest absolute Gasteiger partial charge is 0.310 e. The van der Waals surface area contributed by atoms with Gasteiger partial charge >= 0.3 is 0 Å². The molecule has 0 bridgehead atoms. The Morgan fingerprint density at radius 1 is 1.17 bits per heavy atom. The molecule has 2 saturated carbocycles. The summed E-state index contributed by atoms with van der Waals surface area (Å²) in [6, 6.07) is 0. The molecule has 0 radical (unpaired) electrons. The van der Waals surface area contributed by atoms with Crippen molar-refractivity contribution < 1.29 is 4.79 Å². The first-order valence-corrected chi connectivity index (χ1v) is 5.07. The van der Waals surface area contributed by atoms with Crippen LogP contribution < -0.4 is 5.32 Å². The molecule has 0 saturated heterocycles. The highest BCUT2D eigenvalue weighted by atomic mass is 16.1. The maximum absolute atomic E-state index is 11.2. The summed E-state index contributed by atoms with van der Waals surface area (Å²) in [7, 11) is 0. The van der Waals surface area contributed by atoms with E-state index in [0.717, 1.165) is 24.8 Å². The summed E-state index contributed by atoms with van der Waals surface area (Å²) < 4.78 is 0. The molecule has 2 heteroatoms. The van der Waals surface area contributed by atoms with Crippen molar-refractivity contribution in [3.05, 3.63) is 0 Å². The molecule has 0 unspecified atom stereocenters. The van der Waals surface area contributed by atoms with Crippen molar-refractivity contribution in [1.82, 2.24) is 5.32 Å². The van der Waals surface area contributed by atoms with Crippen molar-refractivity contribution in [3.63, 3.8) is 0 Å². The number of rotatable bonds is 6. The standard InChI is InChI=1S/C10H17NO/c12-10(5-8-1-2-8)7-11-6-9-3-4-9/h8-9,11H,1-7H2. The van der Waals surface area contributed by atoms with Crippen molar-refractivity contribution in [2.24, 2.45) is 11.8 Å². The minimum atomic E-state index is 0.415. The highest BCUT2D eigenvalue weighted by Crippen LogP contribution is 2.32. The lowest BCUT2D eigenvalue weighted by molar-refractivity contribution is -0.118. The van der Waals surface area contributed by atoms with E-state index in [2.05, 4.69) is 5.32 Å². The first-order chi connectivity index (χ1) is 5.84. The number of Topliss-reactive ketones (excluding diaryl/α,β-unsaturated/α-hetero) is 1. The first kappa shape index (κ1) is 8.24. The van der Waals surface area contributed by atoms with E-state index >= 15 is 0 Å². The van der Waals surface area contributed by atoms with Crippen LogP contribution in [-0.4, -0.2) is 18.9 Å². The van der Waals surface area contributed by atoms with Gasteiger partial charge in [-0.05, 0) is 44.1 Å². The normalized spacial score (nSPS) is 22.7. The highest BCUT2D eigenvalue weighted by Gasteiger charge is 2.24. The van der Waals surface area contributed by atoms with Gasteiger partial charge in [0.15, 0.2) is 0 Å². The van der Waals surface area contributed by atoms with E-state index in [9.17, 15) is 4.79 Å².